The Morgan fingerprint density at radius 3 is 2.73 bits per heavy atom. The lowest BCUT2D eigenvalue weighted by Gasteiger charge is -2.39. The van der Waals surface area contributed by atoms with Gasteiger partial charge in [-0.3, -0.25) is 0 Å². The lowest BCUT2D eigenvalue weighted by Crippen LogP contribution is -2.26. The van der Waals surface area contributed by atoms with Crippen LogP contribution in [0.5, 0.6) is 0 Å². The number of hydrogen-bond acceptors (Lipinski definition) is 1. The van der Waals surface area contributed by atoms with Gasteiger partial charge in [0.25, 0.3) is 0 Å². The summed E-state index contributed by atoms with van der Waals surface area (Å²) >= 11 is 0. The largest absolute Gasteiger partial charge is 0.348 e. The fraction of sp³-hybridized carbons (Fsp3) is 0.769. The molecule has 1 aromatic heterocycles. The van der Waals surface area contributed by atoms with Crippen molar-refractivity contribution in [2.75, 3.05) is 0 Å². The van der Waals surface area contributed by atoms with Gasteiger partial charge in [0, 0.05) is 17.8 Å². The first-order valence-corrected chi connectivity index (χ1v) is 6.42. The minimum Gasteiger partial charge on any atom is -0.348 e. The van der Waals surface area contributed by atoms with Crippen LogP contribution in [-0.2, 0) is 0 Å². The molecular formula is C13H20N2. The molecule has 0 aromatic carbocycles. The van der Waals surface area contributed by atoms with Crippen LogP contribution in [0.25, 0.3) is 0 Å². The molecule has 2 heteroatoms. The molecule has 0 amide bonds. The van der Waals surface area contributed by atoms with E-state index in [0.29, 0.717) is 0 Å². The standard InChI is InChI=1S/C13H20N2/c1-2-4-11-7-12(6-5-10(11)3-1)13-8-14-9-15-13/h8-12H,1-7H2,(H,14,15). The van der Waals surface area contributed by atoms with E-state index in [-0.39, 0.29) is 0 Å². The molecule has 2 saturated carbocycles. The van der Waals surface area contributed by atoms with Gasteiger partial charge in [-0.25, -0.2) is 4.98 Å². The second-order valence-corrected chi connectivity index (χ2v) is 5.32. The molecule has 1 N–H and O–H groups in total. The van der Waals surface area contributed by atoms with Gasteiger partial charge in [-0.1, -0.05) is 25.7 Å². The van der Waals surface area contributed by atoms with Gasteiger partial charge < -0.3 is 4.98 Å². The van der Waals surface area contributed by atoms with E-state index in [1.165, 1.54) is 50.6 Å². The van der Waals surface area contributed by atoms with Gasteiger partial charge in [0.05, 0.1) is 6.33 Å². The highest BCUT2D eigenvalue weighted by molar-refractivity contribution is 5.06. The van der Waals surface area contributed by atoms with E-state index in [1.54, 1.807) is 0 Å². The van der Waals surface area contributed by atoms with Gasteiger partial charge in [-0.2, -0.15) is 0 Å². The zero-order valence-electron chi connectivity index (χ0n) is 9.28. The lowest BCUT2D eigenvalue weighted by molar-refractivity contribution is 0.154. The van der Waals surface area contributed by atoms with Crippen molar-refractivity contribution in [3.8, 4) is 0 Å². The molecule has 2 aliphatic carbocycles. The van der Waals surface area contributed by atoms with Gasteiger partial charge >= 0.3 is 0 Å². The van der Waals surface area contributed by atoms with Crippen molar-refractivity contribution >= 4 is 0 Å². The molecule has 1 aromatic rings. The number of imidazole rings is 1. The summed E-state index contributed by atoms with van der Waals surface area (Å²) in [6, 6.07) is 0. The maximum atomic E-state index is 4.15. The summed E-state index contributed by atoms with van der Waals surface area (Å²) in [5, 5.41) is 0. The zero-order valence-corrected chi connectivity index (χ0v) is 9.28. The molecule has 3 unspecified atom stereocenters. The molecule has 0 radical (unpaired) electrons. The summed E-state index contributed by atoms with van der Waals surface area (Å²) in [7, 11) is 0. The number of aromatic amines is 1. The van der Waals surface area contributed by atoms with Crippen molar-refractivity contribution in [2.45, 2.75) is 50.9 Å². The van der Waals surface area contributed by atoms with Crippen molar-refractivity contribution in [1.29, 1.82) is 0 Å². The Morgan fingerprint density at radius 1 is 1.07 bits per heavy atom. The molecule has 0 aliphatic heterocycles. The van der Waals surface area contributed by atoms with E-state index in [4.69, 9.17) is 0 Å². The van der Waals surface area contributed by atoms with Crippen LogP contribution in [0.3, 0.4) is 0 Å². The third kappa shape index (κ3) is 1.82. The topological polar surface area (TPSA) is 28.7 Å². The molecule has 2 fully saturated rings. The molecular weight excluding hydrogens is 184 g/mol. The summed E-state index contributed by atoms with van der Waals surface area (Å²) in [4.78, 5) is 7.44. The minimum absolute atomic E-state index is 0.770. The van der Waals surface area contributed by atoms with Crippen LogP contribution in [0.15, 0.2) is 12.5 Å². The summed E-state index contributed by atoms with van der Waals surface area (Å²) in [5.41, 5.74) is 1.37. The minimum atomic E-state index is 0.770. The van der Waals surface area contributed by atoms with Crippen LogP contribution in [0.2, 0.25) is 0 Å². The highest BCUT2D eigenvalue weighted by Gasteiger charge is 2.32. The van der Waals surface area contributed by atoms with E-state index in [1.807, 2.05) is 12.5 Å². The van der Waals surface area contributed by atoms with Crippen LogP contribution in [0.1, 0.15) is 56.6 Å². The Kier molecular flexibility index (Phi) is 2.51. The second-order valence-electron chi connectivity index (χ2n) is 5.32. The van der Waals surface area contributed by atoms with Gasteiger partial charge in [0.1, 0.15) is 0 Å². The Labute approximate surface area is 91.5 Å². The average molecular weight is 204 g/mol. The SMILES string of the molecule is c1ncc(C2CCC3CCCCC3C2)[nH]1. The Bertz CT molecular complexity index is 304. The number of hydrogen-bond donors (Lipinski definition) is 1. The average Bonchev–Trinajstić information content (AvgIpc) is 2.82. The predicted molar refractivity (Wildman–Crippen MR) is 60.6 cm³/mol. The highest BCUT2D eigenvalue weighted by atomic mass is 14.9. The molecule has 2 nitrogen and oxygen atoms in total. The molecule has 0 saturated heterocycles. The molecule has 0 spiro atoms. The summed E-state index contributed by atoms with van der Waals surface area (Å²) in [6.07, 6.45) is 14.0. The van der Waals surface area contributed by atoms with Crippen molar-refractivity contribution < 1.29 is 0 Å². The van der Waals surface area contributed by atoms with Gasteiger partial charge in [0.15, 0.2) is 0 Å². The van der Waals surface area contributed by atoms with Crippen LogP contribution in [0.4, 0.5) is 0 Å². The van der Waals surface area contributed by atoms with Crippen LogP contribution in [0, 0.1) is 11.8 Å². The highest BCUT2D eigenvalue weighted by Crippen LogP contribution is 2.45. The third-order valence-corrected chi connectivity index (χ3v) is 4.50. The van der Waals surface area contributed by atoms with Crippen LogP contribution >= 0.6 is 0 Å². The maximum absolute atomic E-state index is 4.15. The van der Waals surface area contributed by atoms with Crippen molar-refractivity contribution in [2.24, 2.45) is 11.8 Å². The van der Waals surface area contributed by atoms with Gasteiger partial charge in [0.2, 0.25) is 0 Å². The van der Waals surface area contributed by atoms with Gasteiger partial charge in [-0.15, -0.1) is 0 Å². The fourth-order valence-corrected chi connectivity index (χ4v) is 3.65. The van der Waals surface area contributed by atoms with Crippen LogP contribution in [-0.4, -0.2) is 9.97 Å². The van der Waals surface area contributed by atoms with E-state index >= 15 is 0 Å². The maximum Gasteiger partial charge on any atom is 0.0921 e. The molecule has 15 heavy (non-hydrogen) atoms. The molecule has 1 heterocycles. The van der Waals surface area contributed by atoms with E-state index in [9.17, 15) is 0 Å². The first-order valence-electron chi connectivity index (χ1n) is 6.42. The Morgan fingerprint density at radius 2 is 1.93 bits per heavy atom. The summed E-state index contributed by atoms with van der Waals surface area (Å²) < 4.78 is 0. The quantitative estimate of drug-likeness (QED) is 0.745. The van der Waals surface area contributed by atoms with Gasteiger partial charge in [-0.05, 0) is 31.1 Å². The molecule has 3 atom stereocenters. The summed E-state index contributed by atoms with van der Waals surface area (Å²) in [5.74, 6) is 2.84. The number of rotatable bonds is 1. The predicted octanol–water partition coefficient (Wildman–Crippen LogP) is 3.48. The van der Waals surface area contributed by atoms with Crippen molar-refractivity contribution in [3.05, 3.63) is 18.2 Å². The molecule has 82 valence electrons. The normalized spacial score (nSPS) is 36.1. The number of fused-ring (bicyclic) bond motifs is 1. The third-order valence-electron chi connectivity index (χ3n) is 4.50. The van der Waals surface area contributed by atoms with Crippen LogP contribution < -0.4 is 0 Å². The smallest absolute Gasteiger partial charge is 0.0921 e. The first-order chi connectivity index (χ1) is 7.43. The Balaban J connectivity index is 1.70. The molecule has 3 rings (SSSR count). The molecule has 0 bridgehead atoms. The second kappa shape index (κ2) is 3.99. The first kappa shape index (κ1) is 9.44. The van der Waals surface area contributed by atoms with E-state index < -0.39 is 0 Å². The summed E-state index contributed by atoms with van der Waals surface area (Å²) in [6.45, 7) is 0. The monoisotopic (exact) mass is 204 g/mol. The van der Waals surface area contributed by atoms with Crippen molar-refractivity contribution in [1.82, 2.24) is 9.97 Å². The number of aromatic nitrogens is 2. The number of H-pyrrole nitrogens is 1. The van der Waals surface area contributed by atoms with E-state index in [2.05, 4.69) is 9.97 Å². The lowest BCUT2D eigenvalue weighted by atomic mass is 9.67. The molecule has 2 aliphatic rings. The van der Waals surface area contributed by atoms with Crippen molar-refractivity contribution in [3.63, 3.8) is 0 Å². The Hall–Kier alpha value is -0.790. The van der Waals surface area contributed by atoms with E-state index in [0.717, 1.165) is 17.8 Å². The zero-order chi connectivity index (χ0) is 10.1. The number of nitrogens with zero attached hydrogens (tertiary/aromatic N) is 1. The fourth-order valence-electron chi connectivity index (χ4n) is 3.65. The number of nitrogens with one attached hydrogen (secondary N) is 1.